The molecule has 4 nitrogen and oxygen atoms in total. The third-order valence-corrected chi connectivity index (χ3v) is 3.05. The summed E-state index contributed by atoms with van der Waals surface area (Å²) >= 11 is 0. The summed E-state index contributed by atoms with van der Waals surface area (Å²) in [6, 6.07) is 13.7. The van der Waals surface area contributed by atoms with Crippen molar-refractivity contribution in [2.45, 2.75) is 32.7 Å². The topological polar surface area (TPSA) is 54.0 Å². The highest BCUT2D eigenvalue weighted by Gasteiger charge is 2.12. The van der Waals surface area contributed by atoms with Crippen LogP contribution < -0.4 is 10.6 Å². The van der Waals surface area contributed by atoms with E-state index in [2.05, 4.69) is 48.5 Å². The van der Waals surface area contributed by atoms with Gasteiger partial charge in [-0.3, -0.25) is 9.78 Å². The van der Waals surface area contributed by atoms with Crippen LogP contribution in [-0.2, 0) is 6.42 Å². The van der Waals surface area contributed by atoms with Gasteiger partial charge in [0.15, 0.2) is 0 Å². The van der Waals surface area contributed by atoms with Gasteiger partial charge in [0.2, 0.25) is 0 Å². The Labute approximate surface area is 132 Å². The van der Waals surface area contributed by atoms with Gasteiger partial charge in [-0.2, -0.15) is 0 Å². The molecule has 0 aliphatic rings. The number of rotatable bonds is 5. The van der Waals surface area contributed by atoms with Gasteiger partial charge in [-0.1, -0.05) is 30.3 Å². The maximum atomic E-state index is 12.2. The molecule has 0 spiro atoms. The molecule has 116 valence electrons. The molecule has 0 aliphatic carbocycles. The summed E-state index contributed by atoms with van der Waals surface area (Å²) in [4.78, 5) is 16.3. The number of pyridine rings is 1. The smallest absolute Gasteiger partial charge is 0.269 e. The summed E-state index contributed by atoms with van der Waals surface area (Å²) in [5.74, 6) is -0.145. The standard InChI is InChI=1S/C18H23N3O/c1-18(2,3)21-15-10-12-19-16(13-15)17(22)20-11-9-14-7-5-4-6-8-14/h4-8,10,12-13H,9,11H2,1-3H3,(H,19,21)(H,20,22). The van der Waals surface area contributed by atoms with Gasteiger partial charge in [-0.15, -0.1) is 0 Å². The van der Waals surface area contributed by atoms with Gasteiger partial charge >= 0.3 is 0 Å². The number of nitrogens with one attached hydrogen (secondary N) is 2. The van der Waals surface area contributed by atoms with E-state index in [0.29, 0.717) is 12.2 Å². The van der Waals surface area contributed by atoms with Crippen molar-refractivity contribution >= 4 is 11.6 Å². The van der Waals surface area contributed by atoms with Crippen molar-refractivity contribution in [3.63, 3.8) is 0 Å². The SMILES string of the molecule is CC(C)(C)Nc1ccnc(C(=O)NCCc2ccccc2)c1. The minimum atomic E-state index is -0.145. The molecule has 0 fully saturated rings. The van der Waals surface area contributed by atoms with E-state index < -0.39 is 0 Å². The van der Waals surface area contributed by atoms with Crippen LogP contribution in [0.3, 0.4) is 0 Å². The Morgan fingerprint density at radius 1 is 1.14 bits per heavy atom. The average molecular weight is 297 g/mol. The Hall–Kier alpha value is -2.36. The number of hydrogen-bond acceptors (Lipinski definition) is 3. The highest BCUT2D eigenvalue weighted by atomic mass is 16.1. The molecule has 0 aliphatic heterocycles. The molecule has 0 radical (unpaired) electrons. The lowest BCUT2D eigenvalue weighted by Gasteiger charge is -2.22. The van der Waals surface area contributed by atoms with E-state index in [4.69, 9.17) is 0 Å². The zero-order chi connectivity index (χ0) is 16.0. The molecule has 22 heavy (non-hydrogen) atoms. The lowest BCUT2D eigenvalue weighted by molar-refractivity contribution is 0.0949. The molecule has 2 N–H and O–H groups in total. The van der Waals surface area contributed by atoms with Crippen molar-refractivity contribution in [3.05, 3.63) is 59.9 Å². The van der Waals surface area contributed by atoms with Crippen molar-refractivity contribution in [2.24, 2.45) is 0 Å². The number of benzene rings is 1. The zero-order valence-corrected chi connectivity index (χ0v) is 13.4. The van der Waals surface area contributed by atoms with Crippen molar-refractivity contribution in [3.8, 4) is 0 Å². The molecule has 1 aromatic heterocycles. The van der Waals surface area contributed by atoms with E-state index in [9.17, 15) is 4.79 Å². The van der Waals surface area contributed by atoms with Crippen LogP contribution in [0.4, 0.5) is 5.69 Å². The number of aromatic nitrogens is 1. The molecular weight excluding hydrogens is 274 g/mol. The molecule has 0 atom stereocenters. The van der Waals surface area contributed by atoms with E-state index in [1.54, 1.807) is 12.3 Å². The van der Waals surface area contributed by atoms with Crippen LogP contribution in [0.5, 0.6) is 0 Å². The van der Waals surface area contributed by atoms with Crippen LogP contribution in [0.25, 0.3) is 0 Å². The molecule has 0 unspecified atom stereocenters. The quantitative estimate of drug-likeness (QED) is 0.890. The summed E-state index contributed by atoms with van der Waals surface area (Å²) in [6.07, 6.45) is 2.46. The van der Waals surface area contributed by atoms with Crippen LogP contribution in [0.2, 0.25) is 0 Å². The van der Waals surface area contributed by atoms with E-state index >= 15 is 0 Å². The number of amides is 1. The van der Waals surface area contributed by atoms with Gasteiger partial charge in [0.1, 0.15) is 5.69 Å². The van der Waals surface area contributed by atoms with Crippen LogP contribution in [0.1, 0.15) is 36.8 Å². The normalized spacial score (nSPS) is 11.0. The average Bonchev–Trinajstić information content (AvgIpc) is 2.47. The number of nitrogens with zero attached hydrogens (tertiary/aromatic N) is 1. The molecule has 2 rings (SSSR count). The molecule has 1 aromatic carbocycles. The van der Waals surface area contributed by atoms with Crippen LogP contribution in [0.15, 0.2) is 48.7 Å². The number of carbonyl (C=O) groups is 1. The van der Waals surface area contributed by atoms with E-state index in [1.807, 2.05) is 24.3 Å². The summed E-state index contributed by atoms with van der Waals surface area (Å²) in [7, 11) is 0. The zero-order valence-electron chi connectivity index (χ0n) is 13.4. The summed E-state index contributed by atoms with van der Waals surface area (Å²) in [5, 5.41) is 6.25. The van der Waals surface area contributed by atoms with Gasteiger partial charge < -0.3 is 10.6 Å². The molecule has 2 aromatic rings. The fraction of sp³-hybridized carbons (Fsp3) is 0.333. The number of carbonyl (C=O) groups excluding carboxylic acids is 1. The van der Waals surface area contributed by atoms with Crippen LogP contribution >= 0.6 is 0 Å². The fourth-order valence-electron chi connectivity index (χ4n) is 2.12. The predicted octanol–water partition coefficient (Wildman–Crippen LogP) is 3.26. The van der Waals surface area contributed by atoms with Gasteiger partial charge in [0.25, 0.3) is 5.91 Å². The highest BCUT2D eigenvalue weighted by Crippen LogP contribution is 2.14. The van der Waals surface area contributed by atoms with E-state index in [-0.39, 0.29) is 11.4 Å². The fourth-order valence-corrected chi connectivity index (χ4v) is 2.12. The summed E-state index contributed by atoms with van der Waals surface area (Å²) < 4.78 is 0. The van der Waals surface area contributed by atoms with Crippen molar-refractivity contribution in [1.29, 1.82) is 0 Å². The Balaban J connectivity index is 1.91. The largest absolute Gasteiger partial charge is 0.380 e. The maximum absolute atomic E-state index is 12.2. The maximum Gasteiger partial charge on any atom is 0.269 e. The minimum Gasteiger partial charge on any atom is -0.380 e. The summed E-state index contributed by atoms with van der Waals surface area (Å²) in [6.45, 7) is 6.83. The molecular formula is C18H23N3O. The molecule has 0 bridgehead atoms. The molecule has 1 amide bonds. The van der Waals surface area contributed by atoms with Crippen molar-refractivity contribution in [2.75, 3.05) is 11.9 Å². The predicted molar refractivity (Wildman–Crippen MR) is 90.1 cm³/mol. The number of hydrogen-bond donors (Lipinski definition) is 2. The first-order valence-electron chi connectivity index (χ1n) is 7.50. The van der Waals surface area contributed by atoms with E-state index in [1.165, 1.54) is 5.56 Å². The van der Waals surface area contributed by atoms with Gasteiger partial charge in [-0.25, -0.2) is 0 Å². The lowest BCUT2D eigenvalue weighted by atomic mass is 10.1. The Morgan fingerprint density at radius 2 is 1.86 bits per heavy atom. The lowest BCUT2D eigenvalue weighted by Crippen LogP contribution is -2.28. The van der Waals surface area contributed by atoms with Gasteiger partial charge in [0, 0.05) is 24.0 Å². The van der Waals surface area contributed by atoms with Crippen LogP contribution in [-0.4, -0.2) is 23.0 Å². The highest BCUT2D eigenvalue weighted by molar-refractivity contribution is 5.93. The monoisotopic (exact) mass is 297 g/mol. The molecule has 0 saturated carbocycles. The Bertz CT molecular complexity index is 618. The third kappa shape index (κ3) is 5.20. The van der Waals surface area contributed by atoms with E-state index in [0.717, 1.165) is 12.1 Å². The Morgan fingerprint density at radius 3 is 2.55 bits per heavy atom. The third-order valence-electron chi connectivity index (χ3n) is 3.05. The van der Waals surface area contributed by atoms with Gasteiger partial charge in [-0.05, 0) is 44.9 Å². The second kappa shape index (κ2) is 7.07. The number of anilines is 1. The Kier molecular flexibility index (Phi) is 5.15. The summed E-state index contributed by atoms with van der Waals surface area (Å²) in [5.41, 5.74) is 2.49. The second-order valence-electron chi connectivity index (χ2n) is 6.30. The first-order chi connectivity index (χ1) is 10.4. The minimum absolute atomic E-state index is 0.0532. The molecule has 4 heteroatoms. The first kappa shape index (κ1) is 16.0. The molecule has 0 saturated heterocycles. The first-order valence-corrected chi connectivity index (χ1v) is 7.50. The van der Waals surface area contributed by atoms with Gasteiger partial charge in [0.05, 0.1) is 0 Å². The van der Waals surface area contributed by atoms with Crippen molar-refractivity contribution < 1.29 is 4.79 Å². The van der Waals surface area contributed by atoms with Crippen LogP contribution in [0, 0.1) is 0 Å². The molecule has 1 heterocycles. The second-order valence-corrected chi connectivity index (χ2v) is 6.30. The van der Waals surface area contributed by atoms with Crippen molar-refractivity contribution in [1.82, 2.24) is 10.3 Å².